The van der Waals surface area contributed by atoms with Crippen molar-refractivity contribution in [3.63, 3.8) is 0 Å². The van der Waals surface area contributed by atoms with Crippen LogP contribution in [-0.2, 0) is 16.0 Å². The van der Waals surface area contributed by atoms with E-state index in [1.54, 1.807) is 12.1 Å². The lowest BCUT2D eigenvalue weighted by atomic mass is 10.1. The molecular formula is C11H12ClNO4. The molecule has 0 amide bonds. The molecule has 2 rings (SSSR count). The molecule has 0 radical (unpaired) electrons. The second-order valence-corrected chi connectivity index (χ2v) is 4.05. The molecule has 5 nitrogen and oxygen atoms in total. The molecule has 1 aliphatic heterocycles. The highest BCUT2D eigenvalue weighted by atomic mass is 35.5. The maximum absolute atomic E-state index is 11.2. The first-order valence-corrected chi connectivity index (χ1v) is 5.41. The van der Waals surface area contributed by atoms with Gasteiger partial charge in [0.05, 0.1) is 12.1 Å². The zero-order chi connectivity index (χ0) is 12.4. The molecule has 2 N–H and O–H groups in total. The number of rotatable bonds is 3. The van der Waals surface area contributed by atoms with Gasteiger partial charge in [-0.05, 0) is 24.1 Å². The molecule has 0 saturated carbocycles. The van der Waals surface area contributed by atoms with Crippen molar-refractivity contribution in [2.75, 3.05) is 13.9 Å². The van der Waals surface area contributed by atoms with Crippen LogP contribution in [0.5, 0.6) is 11.5 Å². The first kappa shape index (κ1) is 12.0. The highest BCUT2D eigenvalue weighted by Gasteiger charge is 2.21. The van der Waals surface area contributed by atoms with Crippen LogP contribution in [0, 0.1) is 0 Å². The minimum atomic E-state index is -0.712. The fourth-order valence-electron chi connectivity index (χ4n) is 1.63. The minimum absolute atomic E-state index is 0.154. The molecule has 0 spiro atoms. The van der Waals surface area contributed by atoms with Gasteiger partial charge in [-0.15, -0.1) is 0 Å². The fourth-order valence-corrected chi connectivity index (χ4v) is 1.92. The molecule has 1 aromatic carbocycles. The minimum Gasteiger partial charge on any atom is -0.468 e. The van der Waals surface area contributed by atoms with E-state index >= 15 is 0 Å². The lowest BCUT2D eigenvalue weighted by molar-refractivity contribution is -0.142. The Bertz CT molecular complexity index is 449. The number of esters is 1. The number of hydrogen-bond donors (Lipinski definition) is 1. The van der Waals surface area contributed by atoms with Crippen LogP contribution in [0.1, 0.15) is 5.56 Å². The van der Waals surface area contributed by atoms with Crippen molar-refractivity contribution < 1.29 is 19.0 Å². The summed E-state index contributed by atoms with van der Waals surface area (Å²) < 4.78 is 15.0. The standard InChI is InChI=1S/C11H12ClNO4/c1-15-11(14)8(13)3-6-2-7(12)10-9(4-6)16-5-17-10/h2,4,8H,3,5,13H2,1H3. The predicted molar refractivity (Wildman–Crippen MR) is 61.3 cm³/mol. The smallest absolute Gasteiger partial charge is 0.322 e. The Morgan fingerprint density at radius 3 is 3.06 bits per heavy atom. The predicted octanol–water partition coefficient (Wildman–Crippen LogP) is 1.11. The number of benzene rings is 1. The van der Waals surface area contributed by atoms with Crippen LogP contribution in [0.2, 0.25) is 5.02 Å². The number of methoxy groups -OCH3 is 1. The van der Waals surface area contributed by atoms with E-state index in [1.165, 1.54) is 7.11 Å². The van der Waals surface area contributed by atoms with Crippen molar-refractivity contribution >= 4 is 17.6 Å². The Morgan fingerprint density at radius 2 is 2.35 bits per heavy atom. The van der Waals surface area contributed by atoms with Gasteiger partial charge in [0.2, 0.25) is 6.79 Å². The van der Waals surface area contributed by atoms with Crippen molar-refractivity contribution in [2.24, 2.45) is 5.73 Å². The van der Waals surface area contributed by atoms with Gasteiger partial charge in [-0.2, -0.15) is 0 Å². The summed E-state index contributed by atoms with van der Waals surface area (Å²) in [5.41, 5.74) is 6.47. The summed E-state index contributed by atoms with van der Waals surface area (Å²) in [6, 6.07) is 2.76. The summed E-state index contributed by atoms with van der Waals surface area (Å²) in [7, 11) is 1.30. The van der Waals surface area contributed by atoms with Crippen molar-refractivity contribution in [3.05, 3.63) is 22.7 Å². The van der Waals surface area contributed by atoms with E-state index in [1.807, 2.05) is 0 Å². The quantitative estimate of drug-likeness (QED) is 0.822. The van der Waals surface area contributed by atoms with E-state index in [0.29, 0.717) is 22.9 Å². The number of nitrogens with two attached hydrogens (primary N) is 1. The first-order chi connectivity index (χ1) is 8.11. The molecule has 1 atom stereocenters. The lowest BCUT2D eigenvalue weighted by Crippen LogP contribution is -2.33. The SMILES string of the molecule is COC(=O)C(N)Cc1cc(Cl)c2c(c1)OCO2. The zero-order valence-electron chi connectivity index (χ0n) is 9.23. The van der Waals surface area contributed by atoms with Gasteiger partial charge in [0.1, 0.15) is 6.04 Å². The number of carbonyl (C=O) groups is 1. The van der Waals surface area contributed by atoms with Gasteiger partial charge < -0.3 is 19.9 Å². The fraction of sp³-hybridized carbons (Fsp3) is 0.364. The van der Waals surface area contributed by atoms with Gasteiger partial charge in [-0.25, -0.2) is 0 Å². The highest BCUT2D eigenvalue weighted by molar-refractivity contribution is 6.32. The normalized spacial score (nSPS) is 14.5. The van der Waals surface area contributed by atoms with E-state index in [0.717, 1.165) is 5.56 Å². The molecule has 0 bridgehead atoms. The highest BCUT2D eigenvalue weighted by Crippen LogP contribution is 2.39. The maximum atomic E-state index is 11.2. The van der Waals surface area contributed by atoms with E-state index < -0.39 is 12.0 Å². The zero-order valence-corrected chi connectivity index (χ0v) is 9.99. The van der Waals surface area contributed by atoms with Gasteiger partial charge in [0.15, 0.2) is 11.5 Å². The average Bonchev–Trinajstić information content (AvgIpc) is 2.76. The van der Waals surface area contributed by atoms with Gasteiger partial charge in [0.25, 0.3) is 0 Å². The summed E-state index contributed by atoms with van der Waals surface area (Å²) >= 11 is 6.01. The third-order valence-corrected chi connectivity index (χ3v) is 2.73. The number of ether oxygens (including phenoxy) is 3. The largest absolute Gasteiger partial charge is 0.468 e. The van der Waals surface area contributed by atoms with E-state index in [2.05, 4.69) is 4.74 Å². The van der Waals surface area contributed by atoms with E-state index in [9.17, 15) is 4.79 Å². The average molecular weight is 258 g/mol. The van der Waals surface area contributed by atoms with Crippen molar-refractivity contribution in [3.8, 4) is 11.5 Å². The third kappa shape index (κ3) is 2.45. The first-order valence-electron chi connectivity index (χ1n) is 5.03. The second kappa shape index (κ2) is 4.81. The van der Waals surface area contributed by atoms with Gasteiger partial charge in [0, 0.05) is 0 Å². The van der Waals surface area contributed by atoms with Gasteiger partial charge >= 0.3 is 5.97 Å². The monoisotopic (exact) mass is 257 g/mol. The number of halogens is 1. The van der Waals surface area contributed by atoms with E-state index in [-0.39, 0.29) is 6.79 Å². The molecule has 0 fully saturated rings. The molecular weight excluding hydrogens is 246 g/mol. The number of hydrogen-bond acceptors (Lipinski definition) is 5. The summed E-state index contributed by atoms with van der Waals surface area (Å²) in [6.07, 6.45) is 0.336. The van der Waals surface area contributed by atoms with Gasteiger partial charge in [-0.3, -0.25) is 4.79 Å². The molecule has 17 heavy (non-hydrogen) atoms. The molecule has 1 heterocycles. The third-order valence-electron chi connectivity index (χ3n) is 2.45. The maximum Gasteiger partial charge on any atom is 0.322 e. The van der Waals surface area contributed by atoms with Crippen LogP contribution in [0.15, 0.2) is 12.1 Å². The molecule has 0 aliphatic carbocycles. The van der Waals surface area contributed by atoms with Crippen molar-refractivity contribution in [2.45, 2.75) is 12.5 Å². The summed E-state index contributed by atoms with van der Waals surface area (Å²) in [4.78, 5) is 11.2. The van der Waals surface area contributed by atoms with Crippen LogP contribution in [-0.4, -0.2) is 25.9 Å². The molecule has 1 aromatic rings. The topological polar surface area (TPSA) is 70.8 Å². The van der Waals surface area contributed by atoms with Crippen LogP contribution < -0.4 is 15.2 Å². The summed E-state index contributed by atoms with van der Waals surface area (Å²) in [5.74, 6) is 0.644. The number of carbonyl (C=O) groups excluding carboxylic acids is 1. The van der Waals surface area contributed by atoms with Crippen LogP contribution in [0.25, 0.3) is 0 Å². The Balaban J connectivity index is 2.17. The lowest BCUT2D eigenvalue weighted by Gasteiger charge is -2.10. The van der Waals surface area contributed by atoms with Crippen molar-refractivity contribution in [1.82, 2.24) is 0 Å². The van der Waals surface area contributed by atoms with Crippen LogP contribution in [0.3, 0.4) is 0 Å². The molecule has 1 unspecified atom stereocenters. The van der Waals surface area contributed by atoms with Gasteiger partial charge in [-0.1, -0.05) is 11.6 Å². The Morgan fingerprint density at radius 1 is 1.59 bits per heavy atom. The Kier molecular flexibility index (Phi) is 3.40. The second-order valence-electron chi connectivity index (χ2n) is 3.65. The molecule has 1 aliphatic rings. The van der Waals surface area contributed by atoms with Crippen molar-refractivity contribution in [1.29, 1.82) is 0 Å². The molecule has 92 valence electrons. The molecule has 6 heteroatoms. The summed E-state index contributed by atoms with van der Waals surface area (Å²) in [5, 5.41) is 0.451. The van der Waals surface area contributed by atoms with Crippen LogP contribution >= 0.6 is 11.6 Å². The van der Waals surface area contributed by atoms with E-state index in [4.69, 9.17) is 26.8 Å². The van der Waals surface area contributed by atoms with Crippen LogP contribution in [0.4, 0.5) is 0 Å². The number of fused-ring (bicyclic) bond motifs is 1. The Labute approximate surface area is 103 Å². The Hall–Kier alpha value is -1.46. The molecule has 0 saturated heterocycles. The molecule has 0 aromatic heterocycles. The summed E-state index contributed by atoms with van der Waals surface area (Å²) in [6.45, 7) is 0.154.